The molecule has 4 nitrogen and oxygen atoms in total. The van der Waals surface area contributed by atoms with Gasteiger partial charge in [-0.05, 0) is 6.07 Å². The number of aryl methyl sites for hydroxylation is 1. The van der Waals surface area contributed by atoms with Crippen LogP contribution in [0.5, 0.6) is 0 Å². The van der Waals surface area contributed by atoms with Crippen LogP contribution in [0.2, 0.25) is 0 Å². The van der Waals surface area contributed by atoms with Crippen LogP contribution >= 0.6 is 0 Å². The molecule has 0 bridgehead atoms. The van der Waals surface area contributed by atoms with E-state index in [1.165, 1.54) is 10.9 Å². The lowest BCUT2D eigenvalue weighted by atomic mass is 10.2. The number of hydrogen-bond acceptors (Lipinski definition) is 3. The van der Waals surface area contributed by atoms with Crippen LogP contribution in [-0.4, -0.2) is 29.0 Å². The summed E-state index contributed by atoms with van der Waals surface area (Å²) in [5.74, 6) is 0. The molecule has 0 spiro atoms. The van der Waals surface area contributed by atoms with E-state index < -0.39 is 0 Å². The maximum absolute atomic E-state index is 5.13. The Bertz CT molecular complexity index is 502. The second kappa shape index (κ2) is 3.88. The van der Waals surface area contributed by atoms with Gasteiger partial charge in [-0.15, -0.1) is 0 Å². The molecule has 1 aromatic carbocycles. The van der Waals surface area contributed by atoms with Gasteiger partial charge < -0.3 is 10.1 Å². The Kier molecular flexibility index (Phi) is 2.38. The van der Waals surface area contributed by atoms with Gasteiger partial charge in [0.15, 0.2) is 0 Å². The maximum atomic E-state index is 5.13. The van der Waals surface area contributed by atoms with E-state index >= 15 is 0 Å². The minimum Gasteiger partial charge on any atom is -0.378 e. The molecule has 0 atom stereocenters. The Morgan fingerprint density at radius 2 is 2.25 bits per heavy atom. The first-order valence-electron chi connectivity index (χ1n) is 5.56. The summed E-state index contributed by atoms with van der Waals surface area (Å²) in [6, 6.07) is 8.82. The van der Waals surface area contributed by atoms with Gasteiger partial charge in [0.25, 0.3) is 0 Å². The SMILES string of the molecule is Cn1nc(CNC2COC2)c2ccccc21. The first-order valence-corrected chi connectivity index (χ1v) is 5.56. The Hall–Kier alpha value is -1.39. The molecule has 0 saturated carbocycles. The minimum absolute atomic E-state index is 0.501. The summed E-state index contributed by atoms with van der Waals surface area (Å²) >= 11 is 0. The smallest absolute Gasteiger partial charge is 0.0841 e. The number of hydrogen-bond donors (Lipinski definition) is 1. The molecule has 3 rings (SSSR count). The lowest BCUT2D eigenvalue weighted by Crippen LogP contribution is -2.45. The molecule has 1 fully saturated rings. The highest BCUT2D eigenvalue weighted by molar-refractivity contribution is 5.81. The molecule has 2 heterocycles. The standard InChI is InChI=1S/C12H15N3O/c1-15-12-5-3-2-4-10(12)11(14-15)6-13-9-7-16-8-9/h2-5,9,13H,6-8H2,1H3. The predicted molar refractivity (Wildman–Crippen MR) is 62.2 cm³/mol. The normalized spacial score (nSPS) is 16.6. The highest BCUT2D eigenvalue weighted by Crippen LogP contribution is 2.17. The first-order chi connectivity index (χ1) is 7.84. The molecular weight excluding hydrogens is 202 g/mol. The number of rotatable bonds is 3. The molecule has 0 unspecified atom stereocenters. The number of para-hydroxylation sites is 1. The number of ether oxygens (including phenoxy) is 1. The Morgan fingerprint density at radius 1 is 1.44 bits per heavy atom. The van der Waals surface area contributed by atoms with Crippen LogP contribution in [0.3, 0.4) is 0 Å². The van der Waals surface area contributed by atoms with Crippen LogP contribution in [0.25, 0.3) is 10.9 Å². The van der Waals surface area contributed by atoms with E-state index in [9.17, 15) is 0 Å². The van der Waals surface area contributed by atoms with E-state index in [2.05, 4.69) is 28.6 Å². The molecule has 1 aliphatic rings. The fourth-order valence-corrected chi connectivity index (χ4v) is 2.01. The summed E-state index contributed by atoms with van der Waals surface area (Å²) in [6.07, 6.45) is 0. The molecule has 2 aromatic rings. The fraction of sp³-hybridized carbons (Fsp3) is 0.417. The average Bonchev–Trinajstić information content (AvgIpc) is 2.55. The second-order valence-electron chi connectivity index (χ2n) is 4.20. The van der Waals surface area contributed by atoms with Crippen LogP contribution in [0.1, 0.15) is 5.69 Å². The average molecular weight is 217 g/mol. The zero-order chi connectivity index (χ0) is 11.0. The Balaban J connectivity index is 1.85. The largest absolute Gasteiger partial charge is 0.378 e. The summed E-state index contributed by atoms with van der Waals surface area (Å²) in [6.45, 7) is 2.46. The summed E-state index contributed by atoms with van der Waals surface area (Å²) in [5, 5.41) is 9.21. The zero-order valence-electron chi connectivity index (χ0n) is 9.31. The molecule has 4 heteroatoms. The third-order valence-electron chi connectivity index (χ3n) is 3.03. The van der Waals surface area contributed by atoms with Gasteiger partial charge in [0.1, 0.15) is 0 Å². The minimum atomic E-state index is 0.501. The van der Waals surface area contributed by atoms with Crippen LogP contribution in [-0.2, 0) is 18.3 Å². The van der Waals surface area contributed by atoms with Crippen LogP contribution in [0, 0.1) is 0 Å². The molecule has 0 radical (unpaired) electrons. The van der Waals surface area contributed by atoms with Crippen molar-refractivity contribution >= 4 is 10.9 Å². The van der Waals surface area contributed by atoms with Crippen molar-refractivity contribution in [2.75, 3.05) is 13.2 Å². The number of benzene rings is 1. The maximum Gasteiger partial charge on any atom is 0.0841 e. The Morgan fingerprint density at radius 3 is 3.00 bits per heavy atom. The molecule has 16 heavy (non-hydrogen) atoms. The number of nitrogens with zero attached hydrogens (tertiary/aromatic N) is 2. The first kappa shape index (κ1) is 9.81. The van der Waals surface area contributed by atoms with Crippen molar-refractivity contribution in [1.29, 1.82) is 0 Å². The van der Waals surface area contributed by atoms with Crippen molar-refractivity contribution in [3.05, 3.63) is 30.0 Å². The molecule has 1 aromatic heterocycles. The highest BCUT2D eigenvalue weighted by atomic mass is 16.5. The van der Waals surface area contributed by atoms with Gasteiger partial charge in [-0.2, -0.15) is 5.10 Å². The van der Waals surface area contributed by atoms with Gasteiger partial charge in [0, 0.05) is 19.0 Å². The Labute approximate surface area is 94.2 Å². The van der Waals surface area contributed by atoms with E-state index in [1.807, 2.05) is 17.8 Å². The van der Waals surface area contributed by atoms with Gasteiger partial charge in [0.05, 0.1) is 30.5 Å². The highest BCUT2D eigenvalue weighted by Gasteiger charge is 2.18. The molecule has 0 amide bonds. The zero-order valence-corrected chi connectivity index (χ0v) is 9.31. The fourth-order valence-electron chi connectivity index (χ4n) is 2.01. The van der Waals surface area contributed by atoms with E-state index in [1.54, 1.807) is 0 Å². The van der Waals surface area contributed by atoms with Crippen molar-refractivity contribution in [3.8, 4) is 0 Å². The van der Waals surface area contributed by atoms with Crippen molar-refractivity contribution < 1.29 is 4.74 Å². The number of nitrogens with one attached hydrogen (secondary N) is 1. The molecule has 1 aliphatic heterocycles. The summed E-state index contributed by atoms with van der Waals surface area (Å²) < 4.78 is 7.06. The lowest BCUT2D eigenvalue weighted by Gasteiger charge is -2.26. The quantitative estimate of drug-likeness (QED) is 0.835. The van der Waals surface area contributed by atoms with E-state index in [0.717, 1.165) is 25.5 Å². The summed E-state index contributed by atoms with van der Waals surface area (Å²) in [4.78, 5) is 0. The van der Waals surface area contributed by atoms with Crippen molar-refractivity contribution in [3.63, 3.8) is 0 Å². The van der Waals surface area contributed by atoms with Crippen LogP contribution in [0.15, 0.2) is 24.3 Å². The summed E-state index contributed by atoms with van der Waals surface area (Å²) in [7, 11) is 1.98. The molecule has 1 N–H and O–H groups in total. The second-order valence-corrected chi connectivity index (χ2v) is 4.20. The van der Waals surface area contributed by atoms with Crippen LogP contribution < -0.4 is 5.32 Å². The monoisotopic (exact) mass is 217 g/mol. The number of aromatic nitrogens is 2. The number of fused-ring (bicyclic) bond motifs is 1. The van der Waals surface area contributed by atoms with Crippen molar-refractivity contribution in [2.24, 2.45) is 7.05 Å². The van der Waals surface area contributed by atoms with Gasteiger partial charge in [0.2, 0.25) is 0 Å². The lowest BCUT2D eigenvalue weighted by molar-refractivity contribution is -0.00588. The van der Waals surface area contributed by atoms with Gasteiger partial charge in [-0.3, -0.25) is 4.68 Å². The van der Waals surface area contributed by atoms with Crippen molar-refractivity contribution in [2.45, 2.75) is 12.6 Å². The third-order valence-corrected chi connectivity index (χ3v) is 3.03. The van der Waals surface area contributed by atoms with Gasteiger partial charge in [-0.1, -0.05) is 18.2 Å². The van der Waals surface area contributed by atoms with Gasteiger partial charge >= 0.3 is 0 Å². The van der Waals surface area contributed by atoms with E-state index in [0.29, 0.717) is 6.04 Å². The van der Waals surface area contributed by atoms with Crippen LogP contribution in [0.4, 0.5) is 0 Å². The molecule has 84 valence electrons. The van der Waals surface area contributed by atoms with E-state index in [4.69, 9.17) is 4.74 Å². The molecule has 0 aliphatic carbocycles. The van der Waals surface area contributed by atoms with E-state index in [-0.39, 0.29) is 0 Å². The van der Waals surface area contributed by atoms with Gasteiger partial charge in [-0.25, -0.2) is 0 Å². The predicted octanol–water partition coefficient (Wildman–Crippen LogP) is 1.06. The third kappa shape index (κ3) is 1.60. The molecule has 1 saturated heterocycles. The summed E-state index contributed by atoms with van der Waals surface area (Å²) in [5.41, 5.74) is 2.30. The molecular formula is C12H15N3O. The van der Waals surface area contributed by atoms with Crippen molar-refractivity contribution in [1.82, 2.24) is 15.1 Å². The topological polar surface area (TPSA) is 39.1 Å².